The van der Waals surface area contributed by atoms with E-state index in [1.165, 1.54) is 17.3 Å². The molecule has 3 rings (SSSR count). The third-order valence-electron chi connectivity index (χ3n) is 4.90. The summed E-state index contributed by atoms with van der Waals surface area (Å²) in [6, 6.07) is 27.6. The van der Waals surface area contributed by atoms with Gasteiger partial charge in [0.25, 0.3) is 5.91 Å². The van der Waals surface area contributed by atoms with Gasteiger partial charge in [-0.1, -0.05) is 66.4 Å². The Kier molecular flexibility index (Phi) is 7.67. The lowest BCUT2D eigenvalue weighted by Crippen LogP contribution is -2.41. The summed E-state index contributed by atoms with van der Waals surface area (Å²) in [4.78, 5) is 16.8. The first-order valence-electron chi connectivity index (χ1n) is 9.83. The molecule has 152 valence electrons. The third kappa shape index (κ3) is 5.73. The molecule has 0 saturated heterocycles. The maximum absolute atomic E-state index is 13.0. The van der Waals surface area contributed by atoms with E-state index in [1.54, 1.807) is 6.07 Å². The number of nitrogens with one attached hydrogen (secondary N) is 1. The number of amides is 1. The highest BCUT2D eigenvalue weighted by Crippen LogP contribution is 2.32. The minimum absolute atomic E-state index is 0.104. The minimum Gasteiger partial charge on any atom is -0.350 e. The Bertz CT molecular complexity index is 1030. The maximum atomic E-state index is 13.0. The molecular weight excluding hydrogens is 390 g/mol. The fourth-order valence-corrected chi connectivity index (χ4v) is 4.16. The first-order chi connectivity index (χ1) is 14.6. The second-order valence-corrected chi connectivity index (χ2v) is 8.31. The topological polar surface area (TPSA) is 56.1 Å². The zero-order valence-corrected chi connectivity index (χ0v) is 18.0. The van der Waals surface area contributed by atoms with Crippen LogP contribution in [0.2, 0.25) is 0 Å². The Morgan fingerprint density at radius 2 is 1.60 bits per heavy atom. The van der Waals surface area contributed by atoms with Crippen LogP contribution in [0.25, 0.3) is 0 Å². The van der Waals surface area contributed by atoms with Gasteiger partial charge in [-0.3, -0.25) is 4.79 Å². The van der Waals surface area contributed by atoms with Gasteiger partial charge >= 0.3 is 0 Å². The molecule has 0 fully saturated rings. The molecule has 30 heavy (non-hydrogen) atoms. The maximum Gasteiger partial charge on any atom is 0.252 e. The Morgan fingerprint density at radius 1 is 0.967 bits per heavy atom. The van der Waals surface area contributed by atoms with Crippen LogP contribution in [0.4, 0.5) is 0 Å². The van der Waals surface area contributed by atoms with Crippen molar-refractivity contribution >= 4 is 17.7 Å². The van der Waals surface area contributed by atoms with E-state index in [-0.39, 0.29) is 11.9 Å². The number of hydrogen-bond acceptors (Lipinski definition) is 4. The number of nitrogens with zero attached hydrogens (tertiary/aromatic N) is 2. The van der Waals surface area contributed by atoms with E-state index >= 15 is 0 Å². The summed E-state index contributed by atoms with van der Waals surface area (Å²) < 4.78 is 0. The number of nitriles is 1. The van der Waals surface area contributed by atoms with Gasteiger partial charge in [0.05, 0.1) is 11.1 Å². The van der Waals surface area contributed by atoms with Crippen molar-refractivity contribution in [3.05, 3.63) is 95.6 Å². The molecule has 0 radical (unpaired) electrons. The minimum atomic E-state index is -0.104. The molecule has 1 amide bonds. The first kappa shape index (κ1) is 21.6. The van der Waals surface area contributed by atoms with Gasteiger partial charge in [0.15, 0.2) is 0 Å². The van der Waals surface area contributed by atoms with Gasteiger partial charge in [0, 0.05) is 22.4 Å². The van der Waals surface area contributed by atoms with Crippen molar-refractivity contribution in [3.63, 3.8) is 0 Å². The molecule has 0 aliphatic rings. The summed E-state index contributed by atoms with van der Waals surface area (Å²) in [5.74, 6) is -0.104. The van der Waals surface area contributed by atoms with Gasteiger partial charge in [0.1, 0.15) is 6.07 Å². The molecule has 1 N–H and O–H groups in total. The molecule has 3 aromatic rings. The van der Waals surface area contributed by atoms with E-state index in [0.29, 0.717) is 17.7 Å². The Labute approximate surface area is 182 Å². The monoisotopic (exact) mass is 415 g/mol. The number of carbonyl (C=O) groups excluding carboxylic acids is 1. The standard InChI is InChI=1S/C25H25N3OS/c1-28(2)21(16-19-10-4-3-5-11-19)18-27-25(29)22-13-7-9-15-24(22)30-23-14-8-6-12-20(23)17-26/h3-15,21H,16,18H2,1-2H3,(H,27,29)/t21-/m0/s1. The zero-order valence-electron chi connectivity index (χ0n) is 17.2. The van der Waals surface area contributed by atoms with E-state index < -0.39 is 0 Å². The highest BCUT2D eigenvalue weighted by molar-refractivity contribution is 7.99. The molecule has 0 aliphatic carbocycles. The lowest BCUT2D eigenvalue weighted by atomic mass is 10.0. The number of carbonyl (C=O) groups is 1. The molecule has 0 unspecified atom stereocenters. The highest BCUT2D eigenvalue weighted by Gasteiger charge is 2.17. The van der Waals surface area contributed by atoms with Crippen molar-refractivity contribution in [3.8, 4) is 6.07 Å². The Hall–Kier alpha value is -3.07. The Morgan fingerprint density at radius 3 is 2.30 bits per heavy atom. The van der Waals surface area contributed by atoms with Gasteiger partial charge in [0.2, 0.25) is 0 Å². The lowest BCUT2D eigenvalue weighted by Gasteiger charge is -2.25. The summed E-state index contributed by atoms with van der Waals surface area (Å²) in [5.41, 5.74) is 2.47. The molecule has 0 heterocycles. The van der Waals surface area contributed by atoms with E-state index in [2.05, 4.69) is 28.4 Å². The quantitative estimate of drug-likeness (QED) is 0.584. The SMILES string of the molecule is CN(C)[C@H](CNC(=O)c1ccccc1Sc1ccccc1C#N)Cc1ccccc1. The predicted octanol–water partition coefficient (Wildman–Crippen LogP) is 4.61. The molecule has 3 aromatic carbocycles. The van der Waals surface area contributed by atoms with Crippen LogP contribution in [-0.4, -0.2) is 37.5 Å². The predicted molar refractivity (Wildman–Crippen MR) is 122 cm³/mol. The molecule has 1 atom stereocenters. The van der Waals surface area contributed by atoms with E-state index in [4.69, 9.17) is 0 Å². The van der Waals surface area contributed by atoms with Crippen molar-refractivity contribution in [2.24, 2.45) is 0 Å². The zero-order chi connectivity index (χ0) is 21.3. The number of rotatable bonds is 8. The van der Waals surface area contributed by atoms with Gasteiger partial charge in [-0.05, 0) is 50.3 Å². The average Bonchev–Trinajstić information content (AvgIpc) is 2.77. The van der Waals surface area contributed by atoms with E-state index in [1.807, 2.05) is 74.8 Å². The van der Waals surface area contributed by atoms with Crippen molar-refractivity contribution in [2.45, 2.75) is 22.3 Å². The van der Waals surface area contributed by atoms with Crippen LogP contribution in [0, 0.1) is 11.3 Å². The molecule has 0 bridgehead atoms. The average molecular weight is 416 g/mol. The van der Waals surface area contributed by atoms with Gasteiger partial charge < -0.3 is 10.2 Å². The molecule has 4 nitrogen and oxygen atoms in total. The van der Waals surface area contributed by atoms with Gasteiger partial charge in [-0.2, -0.15) is 5.26 Å². The van der Waals surface area contributed by atoms with Crippen molar-refractivity contribution in [1.82, 2.24) is 10.2 Å². The summed E-state index contributed by atoms with van der Waals surface area (Å²) in [5, 5.41) is 12.4. The number of hydrogen-bond donors (Lipinski definition) is 1. The highest BCUT2D eigenvalue weighted by atomic mass is 32.2. The van der Waals surface area contributed by atoms with Crippen LogP contribution < -0.4 is 5.32 Å². The van der Waals surface area contributed by atoms with Gasteiger partial charge in [-0.15, -0.1) is 0 Å². The van der Waals surface area contributed by atoms with Gasteiger partial charge in [-0.25, -0.2) is 0 Å². The third-order valence-corrected chi connectivity index (χ3v) is 6.05. The first-order valence-corrected chi connectivity index (χ1v) is 10.6. The van der Waals surface area contributed by atoms with Crippen LogP contribution in [-0.2, 0) is 6.42 Å². The summed E-state index contributed by atoms with van der Waals surface area (Å²) >= 11 is 1.44. The summed E-state index contributed by atoms with van der Waals surface area (Å²) in [6.07, 6.45) is 0.861. The lowest BCUT2D eigenvalue weighted by molar-refractivity contribution is 0.0939. The van der Waals surface area contributed by atoms with Crippen LogP contribution >= 0.6 is 11.8 Å². The van der Waals surface area contributed by atoms with Crippen LogP contribution in [0.5, 0.6) is 0 Å². The number of likely N-dealkylation sites (N-methyl/N-ethyl adjacent to an activating group) is 1. The largest absolute Gasteiger partial charge is 0.350 e. The summed E-state index contributed by atoms with van der Waals surface area (Å²) in [7, 11) is 4.06. The van der Waals surface area contributed by atoms with Crippen LogP contribution in [0.3, 0.4) is 0 Å². The normalized spacial score (nSPS) is 11.7. The van der Waals surface area contributed by atoms with Crippen molar-refractivity contribution in [2.75, 3.05) is 20.6 Å². The Balaban J connectivity index is 1.71. The molecule has 0 spiro atoms. The van der Waals surface area contributed by atoms with Crippen LogP contribution in [0.15, 0.2) is 88.7 Å². The molecule has 5 heteroatoms. The number of benzene rings is 3. The molecule has 0 aromatic heterocycles. The fourth-order valence-electron chi connectivity index (χ4n) is 3.14. The smallest absolute Gasteiger partial charge is 0.252 e. The second kappa shape index (κ2) is 10.6. The van der Waals surface area contributed by atoms with E-state index in [0.717, 1.165) is 16.2 Å². The molecular formula is C25H25N3OS. The fraction of sp³-hybridized carbons (Fsp3) is 0.200. The molecule has 0 aliphatic heterocycles. The van der Waals surface area contributed by atoms with E-state index in [9.17, 15) is 10.1 Å². The van der Waals surface area contributed by atoms with Crippen molar-refractivity contribution in [1.29, 1.82) is 5.26 Å². The van der Waals surface area contributed by atoms with Crippen LogP contribution in [0.1, 0.15) is 21.5 Å². The molecule has 0 saturated carbocycles. The summed E-state index contributed by atoms with van der Waals surface area (Å²) in [6.45, 7) is 0.550. The van der Waals surface area contributed by atoms with Crippen molar-refractivity contribution < 1.29 is 4.79 Å². The second-order valence-electron chi connectivity index (χ2n) is 7.22.